The SMILES string of the molecule is C=CCCCN(C)S(=O)(=O)c1ccc(C#N)cc1Cl. The monoisotopic (exact) mass is 298 g/mol. The van der Waals surface area contributed by atoms with E-state index >= 15 is 0 Å². The Balaban J connectivity index is 3.00. The predicted octanol–water partition coefficient (Wildman–Crippen LogP) is 2.80. The number of halogens is 1. The summed E-state index contributed by atoms with van der Waals surface area (Å²) < 4.78 is 25.8. The summed E-state index contributed by atoms with van der Waals surface area (Å²) >= 11 is 5.92. The Morgan fingerprint density at radius 1 is 1.53 bits per heavy atom. The summed E-state index contributed by atoms with van der Waals surface area (Å²) in [6.45, 7) is 3.98. The highest BCUT2D eigenvalue weighted by atomic mass is 35.5. The third-order valence-corrected chi connectivity index (χ3v) is 4.97. The van der Waals surface area contributed by atoms with E-state index in [-0.39, 0.29) is 9.92 Å². The maximum atomic E-state index is 12.3. The van der Waals surface area contributed by atoms with Crippen molar-refractivity contribution in [3.8, 4) is 6.07 Å². The molecular formula is C13H15ClN2O2S. The number of unbranched alkanes of at least 4 members (excludes halogenated alkanes) is 1. The highest BCUT2D eigenvalue weighted by Gasteiger charge is 2.23. The molecule has 0 heterocycles. The van der Waals surface area contributed by atoms with Crippen LogP contribution in [0.2, 0.25) is 5.02 Å². The summed E-state index contributed by atoms with van der Waals surface area (Å²) in [5.41, 5.74) is 0.332. The Morgan fingerprint density at radius 3 is 2.74 bits per heavy atom. The minimum Gasteiger partial charge on any atom is -0.207 e. The van der Waals surface area contributed by atoms with E-state index in [0.29, 0.717) is 18.5 Å². The zero-order chi connectivity index (χ0) is 14.5. The maximum Gasteiger partial charge on any atom is 0.244 e. The van der Waals surface area contributed by atoms with E-state index in [1.165, 1.54) is 29.6 Å². The van der Waals surface area contributed by atoms with Gasteiger partial charge in [-0.15, -0.1) is 6.58 Å². The van der Waals surface area contributed by atoms with Crippen LogP contribution in [0.3, 0.4) is 0 Å². The van der Waals surface area contributed by atoms with Crippen LogP contribution in [0.25, 0.3) is 0 Å². The van der Waals surface area contributed by atoms with Crippen molar-refractivity contribution in [1.82, 2.24) is 4.31 Å². The molecule has 0 amide bonds. The van der Waals surface area contributed by atoms with Crippen LogP contribution in [0.1, 0.15) is 18.4 Å². The van der Waals surface area contributed by atoms with Crippen LogP contribution in [-0.4, -0.2) is 26.3 Å². The molecule has 0 spiro atoms. The Bertz CT molecular complexity index is 606. The largest absolute Gasteiger partial charge is 0.244 e. The van der Waals surface area contributed by atoms with E-state index in [2.05, 4.69) is 6.58 Å². The minimum atomic E-state index is -3.62. The molecule has 1 aromatic carbocycles. The van der Waals surface area contributed by atoms with Crippen molar-refractivity contribution in [2.75, 3.05) is 13.6 Å². The van der Waals surface area contributed by atoms with E-state index in [9.17, 15) is 8.42 Å². The number of nitriles is 1. The molecule has 0 bridgehead atoms. The second kappa shape index (κ2) is 6.71. The van der Waals surface area contributed by atoms with E-state index in [0.717, 1.165) is 6.42 Å². The van der Waals surface area contributed by atoms with Crippen LogP contribution in [0.15, 0.2) is 35.7 Å². The lowest BCUT2D eigenvalue weighted by Gasteiger charge is -2.17. The van der Waals surface area contributed by atoms with Crippen LogP contribution in [0.4, 0.5) is 0 Å². The Hall–Kier alpha value is -1.35. The smallest absolute Gasteiger partial charge is 0.207 e. The van der Waals surface area contributed by atoms with Gasteiger partial charge in [0.1, 0.15) is 4.90 Å². The lowest BCUT2D eigenvalue weighted by atomic mass is 10.2. The zero-order valence-electron chi connectivity index (χ0n) is 10.6. The number of nitrogens with zero attached hydrogens (tertiary/aromatic N) is 2. The Morgan fingerprint density at radius 2 is 2.21 bits per heavy atom. The minimum absolute atomic E-state index is 0.0225. The molecular weight excluding hydrogens is 284 g/mol. The van der Waals surface area contributed by atoms with E-state index < -0.39 is 10.0 Å². The van der Waals surface area contributed by atoms with E-state index in [1.807, 2.05) is 6.07 Å². The molecule has 0 saturated heterocycles. The maximum absolute atomic E-state index is 12.3. The van der Waals surface area contributed by atoms with Crippen LogP contribution in [0, 0.1) is 11.3 Å². The van der Waals surface area contributed by atoms with Crippen molar-refractivity contribution < 1.29 is 8.42 Å². The third kappa shape index (κ3) is 3.80. The van der Waals surface area contributed by atoms with Gasteiger partial charge in [-0.3, -0.25) is 0 Å². The summed E-state index contributed by atoms with van der Waals surface area (Å²) in [4.78, 5) is 0.0225. The number of benzene rings is 1. The van der Waals surface area contributed by atoms with Gasteiger partial charge in [-0.05, 0) is 31.0 Å². The van der Waals surface area contributed by atoms with Gasteiger partial charge >= 0.3 is 0 Å². The number of allylic oxidation sites excluding steroid dienone is 1. The molecule has 0 aliphatic rings. The van der Waals surface area contributed by atoms with Crippen LogP contribution in [-0.2, 0) is 10.0 Å². The van der Waals surface area contributed by atoms with E-state index in [4.69, 9.17) is 16.9 Å². The first-order valence-corrected chi connectivity index (χ1v) is 7.52. The van der Waals surface area contributed by atoms with Gasteiger partial charge in [0.05, 0.1) is 16.7 Å². The molecule has 19 heavy (non-hydrogen) atoms. The fourth-order valence-electron chi connectivity index (χ4n) is 1.53. The molecule has 0 unspecified atom stereocenters. The highest BCUT2D eigenvalue weighted by molar-refractivity contribution is 7.89. The first-order valence-electron chi connectivity index (χ1n) is 5.70. The molecule has 1 rings (SSSR count). The molecule has 0 N–H and O–H groups in total. The van der Waals surface area contributed by atoms with Crippen molar-refractivity contribution in [2.24, 2.45) is 0 Å². The molecule has 0 aromatic heterocycles. The second-order valence-electron chi connectivity index (χ2n) is 4.01. The average molecular weight is 299 g/mol. The summed E-state index contributed by atoms with van der Waals surface area (Å²) in [6, 6.07) is 6.07. The Labute approximate surface area is 119 Å². The molecule has 0 fully saturated rings. The lowest BCUT2D eigenvalue weighted by Crippen LogP contribution is -2.28. The van der Waals surface area contributed by atoms with Crippen molar-refractivity contribution in [3.05, 3.63) is 41.4 Å². The quantitative estimate of drug-likeness (QED) is 0.599. The van der Waals surface area contributed by atoms with Gasteiger partial charge < -0.3 is 0 Å². The lowest BCUT2D eigenvalue weighted by molar-refractivity contribution is 0.463. The summed E-state index contributed by atoms with van der Waals surface area (Å²) in [7, 11) is -2.11. The molecule has 1 aromatic rings. The number of sulfonamides is 1. The molecule has 6 heteroatoms. The van der Waals surface area contributed by atoms with E-state index in [1.54, 1.807) is 6.08 Å². The van der Waals surface area contributed by atoms with Crippen LogP contribution >= 0.6 is 11.6 Å². The molecule has 0 radical (unpaired) electrons. The van der Waals surface area contributed by atoms with Gasteiger partial charge in [-0.2, -0.15) is 5.26 Å². The van der Waals surface area contributed by atoms with Crippen LogP contribution < -0.4 is 0 Å². The first-order chi connectivity index (χ1) is 8.93. The van der Waals surface area contributed by atoms with Crippen molar-refractivity contribution in [2.45, 2.75) is 17.7 Å². The number of hydrogen-bond acceptors (Lipinski definition) is 3. The molecule has 0 aliphatic heterocycles. The van der Waals surface area contributed by atoms with Gasteiger partial charge in [-0.25, -0.2) is 12.7 Å². The summed E-state index contributed by atoms with van der Waals surface area (Å²) in [5.74, 6) is 0. The van der Waals surface area contributed by atoms with Crippen LogP contribution in [0.5, 0.6) is 0 Å². The molecule has 0 aliphatic carbocycles. The molecule has 102 valence electrons. The van der Waals surface area contributed by atoms with Gasteiger partial charge in [0.25, 0.3) is 0 Å². The normalized spacial score (nSPS) is 11.3. The van der Waals surface area contributed by atoms with Crippen molar-refractivity contribution >= 4 is 21.6 Å². The summed E-state index contributed by atoms with van der Waals surface area (Å²) in [6.07, 6.45) is 3.20. The highest BCUT2D eigenvalue weighted by Crippen LogP contribution is 2.25. The van der Waals surface area contributed by atoms with Gasteiger partial charge in [0.15, 0.2) is 0 Å². The number of rotatable bonds is 6. The van der Waals surface area contributed by atoms with Gasteiger partial charge in [-0.1, -0.05) is 17.7 Å². The molecule has 0 saturated carbocycles. The number of hydrogen-bond donors (Lipinski definition) is 0. The fraction of sp³-hybridized carbons (Fsp3) is 0.308. The van der Waals surface area contributed by atoms with Gasteiger partial charge in [0, 0.05) is 13.6 Å². The van der Waals surface area contributed by atoms with Crippen molar-refractivity contribution in [1.29, 1.82) is 5.26 Å². The van der Waals surface area contributed by atoms with Crippen molar-refractivity contribution in [3.63, 3.8) is 0 Å². The molecule has 0 atom stereocenters. The van der Waals surface area contributed by atoms with Gasteiger partial charge in [0.2, 0.25) is 10.0 Å². The predicted molar refractivity (Wildman–Crippen MR) is 75.4 cm³/mol. The Kier molecular flexibility index (Phi) is 5.55. The zero-order valence-corrected chi connectivity index (χ0v) is 12.2. The third-order valence-electron chi connectivity index (χ3n) is 2.63. The molecule has 4 nitrogen and oxygen atoms in total. The first kappa shape index (κ1) is 15.7. The standard InChI is InChI=1S/C13H15ClN2O2S/c1-3-4-5-8-16(2)19(17,18)13-7-6-11(10-15)9-12(13)14/h3,6-7,9H,1,4-5,8H2,2H3. The fourth-order valence-corrected chi connectivity index (χ4v) is 3.25. The average Bonchev–Trinajstić information content (AvgIpc) is 2.38. The second-order valence-corrected chi connectivity index (χ2v) is 6.43. The summed E-state index contributed by atoms with van der Waals surface area (Å²) in [5, 5.41) is 8.79. The topological polar surface area (TPSA) is 61.2 Å².